The van der Waals surface area contributed by atoms with Crippen LogP contribution in [0.3, 0.4) is 0 Å². The number of halogens is 1. The summed E-state index contributed by atoms with van der Waals surface area (Å²) in [5.74, 6) is -2.25. The van der Waals surface area contributed by atoms with Crippen molar-refractivity contribution in [3.05, 3.63) is 125 Å². The molecule has 46 heavy (non-hydrogen) atoms. The Morgan fingerprint density at radius 2 is 1.59 bits per heavy atom. The van der Waals surface area contributed by atoms with Crippen molar-refractivity contribution in [1.29, 1.82) is 0 Å². The summed E-state index contributed by atoms with van der Waals surface area (Å²) in [4.78, 5) is 49.2. The molecule has 2 amide bonds. The average Bonchev–Trinajstić information content (AvgIpc) is 3.56. The number of β-lactam (4-membered cyclic amide) rings is 1. The number of thioether (sulfide) groups is 1. The van der Waals surface area contributed by atoms with Crippen molar-refractivity contribution in [2.75, 3.05) is 24.1 Å². The molecule has 1 aromatic heterocycles. The number of carbonyl (C=O) groups excluding carboxylic acids is 2. The van der Waals surface area contributed by atoms with E-state index in [4.69, 9.17) is 16.4 Å². The number of amides is 2. The number of carboxylic acid groups (broad SMARTS) is 1. The lowest BCUT2D eigenvalue weighted by atomic mass is 9.77. The van der Waals surface area contributed by atoms with E-state index in [1.165, 1.54) is 18.9 Å². The average molecular weight is 675 g/mol. The van der Waals surface area contributed by atoms with Gasteiger partial charge in [0, 0.05) is 23.2 Å². The van der Waals surface area contributed by atoms with Crippen molar-refractivity contribution in [3.8, 4) is 0 Å². The van der Waals surface area contributed by atoms with Gasteiger partial charge in [-0.1, -0.05) is 96.2 Å². The highest BCUT2D eigenvalue weighted by molar-refractivity contribution is 8.00. The minimum atomic E-state index is -1.25. The molecule has 3 heterocycles. The summed E-state index contributed by atoms with van der Waals surface area (Å²) in [6, 6.07) is 28.9. The number of aliphatic carboxylic acids is 1. The highest BCUT2D eigenvalue weighted by Gasteiger charge is 2.54. The van der Waals surface area contributed by atoms with Crippen LogP contribution in [0, 0.1) is 0 Å². The standard InChI is InChI=1S/C32H27ClN6O5S2/c1-44-37-23(27(40)34-24-28(41)39-25(30(42)43)19(17-33)18-45-29(24)39)26-35-31(46-38-26)36-32(20-11-5-2-6-12-20,21-13-7-3-8-14-21)22-15-9-4-10-16-22/h2-16,24,29H,17-18H2,1H3,(H,34,40)(H,42,43)(H,35,36,38)/b37-23-/t24-,29-/m1/s1. The Labute approximate surface area is 277 Å². The van der Waals surface area contributed by atoms with Crippen molar-refractivity contribution in [1.82, 2.24) is 19.6 Å². The zero-order chi connectivity index (χ0) is 32.3. The van der Waals surface area contributed by atoms with Gasteiger partial charge in [-0.25, -0.2) is 4.79 Å². The summed E-state index contributed by atoms with van der Waals surface area (Å²) in [5.41, 5.74) is 2.06. The van der Waals surface area contributed by atoms with E-state index in [9.17, 15) is 19.5 Å². The molecule has 0 bridgehead atoms. The molecule has 14 heteroatoms. The third-order valence-electron chi connectivity index (χ3n) is 7.65. The minimum absolute atomic E-state index is 0.00888. The van der Waals surface area contributed by atoms with Crippen LogP contribution in [0.2, 0.25) is 0 Å². The molecule has 0 saturated carbocycles. The quantitative estimate of drug-likeness (QED) is 0.0698. The predicted molar refractivity (Wildman–Crippen MR) is 177 cm³/mol. The molecule has 2 atom stereocenters. The molecule has 234 valence electrons. The second-order valence-corrected chi connectivity index (χ2v) is 12.4. The fourth-order valence-electron chi connectivity index (χ4n) is 5.58. The van der Waals surface area contributed by atoms with Crippen molar-refractivity contribution in [3.63, 3.8) is 0 Å². The van der Waals surface area contributed by atoms with Crippen molar-refractivity contribution in [2.45, 2.75) is 17.0 Å². The molecule has 6 rings (SSSR count). The van der Waals surface area contributed by atoms with Gasteiger partial charge < -0.3 is 20.6 Å². The van der Waals surface area contributed by atoms with Gasteiger partial charge in [-0.05, 0) is 22.3 Å². The van der Waals surface area contributed by atoms with E-state index in [0.717, 1.165) is 33.1 Å². The maximum atomic E-state index is 13.5. The fourth-order valence-corrected chi connectivity index (χ4v) is 7.89. The number of anilines is 1. The Hall–Kier alpha value is -4.72. The van der Waals surface area contributed by atoms with Crippen LogP contribution < -0.4 is 10.6 Å². The van der Waals surface area contributed by atoms with Gasteiger partial charge in [-0.2, -0.15) is 9.36 Å². The van der Waals surface area contributed by atoms with Gasteiger partial charge in [0.1, 0.15) is 29.8 Å². The SMILES string of the molecule is CO/N=C(\C(=O)N[C@@H]1C(=O)N2C(C(=O)O)=C(CCl)CS[C@H]12)c1nsc(NC(c2ccccc2)(c2ccccc2)c2ccccc2)n1. The van der Waals surface area contributed by atoms with Crippen LogP contribution in [-0.2, 0) is 24.8 Å². The maximum Gasteiger partial charge on any atom is 0.352 e. The van der Waals surface area contributed by atoms with Gasteiger partial charge in [0.05, 0.1) is 0 Å². The number of hydrogen-bond acceptors (Lipinski definition) is 10. The number of carboxylic acids is 1. The largest absolute Gasteiger partial charge is 0.477 e. The number of rotatable bonds is 11. The second-order valence-electron chi connectivity index (χ2n) is 10.3. The number of nitrogens with one attached hydrogen (secondary N) is 2. The van der Waals surface area contributed by atoms with Crippen molar-refractivity contribution >= 4 is 63.5 Å². The number of aromatic nitrogens is 2. The third kappa shape index (κ3) is 5.61. The van der Waals surface area contributed by atoms with E-state index in [2.05, 4.69) is 25.1 Å². The summed E-state index contributed by atoms with van der Waals surface area (Å²) < 4.78 is 4.43. The van der Waals surface area contributed by atoms with E-state index in [1.54, 1.807) is 0 Å². The number of nitrogens with zero attached hydrogens (tertiary/aromatic N) is 4. The summed E-state index contributed by atoms with van der Waals surface area (Å²) in [6.45, 7) is 0. The summed E-state index contributed by atoms with van der Waals surface area (Å²) in [6.07, 6.45) is 0. The fraction of sp³-hybridized carbons (Fsp3) is 0.188. The first-order chi connectivity index (χ1) is 22.4. The van der Waals surface area contributed by atoms with E-state index >= 15 is 0 Å². The Morgan fingerprint density at radius 1 is 1.02 bits per heavy atom. The third-order valence-corrected chi connectivity index (χ3v) is 9.94. The first-order valence-electron chi connectivity index (χ1n) is 14.1. The Morgan fingerprint density at radius 3 is 2.09 bits per heavy atom. The molecule has 3 N–H and O–H groups in total. The van der Waals surface area contributed by atoms with E-state index in [1.807, 2.05) is 91.0 Å². The number of alkyl halides is 1. The molecule has 3 aromatic carbocycles. The summed E-state index contributed by atoms with van der Waals surface area (Å²) in [5, 5.41) is 19.7. The number of hydrogen-bond donors (Lipinski definition) is 3. The second kappa shape index (κ2) is 13.3. The summed E-state index contributed by atoms with van der Waals surface area (Å²) >= 11 is 8.29. The van der Waals surface area contributed by atoms with Gasteiger partial charge in [0.2, 0.25) is 16.7 Å². The van der Waals surface area contributed by atoms with Crippen molar-refractivity contribution < 1.29 is 24.3 Å². The van der Waals surface area contributed by atoms with Crippen LogP contribution in [0.15, 0.2) is 107 Å². The number of carbonyl (C=O) groups is 3. The highest BCUT2D eigenvalue weighted by atomic mass is 35.5. The first-order valence-corrected chi connectivity index (χ1v) is 16.4. The maximum absolute atomic E-state index is 13.5. The normalized spacial score (nSPS) is 18.0. The monoisotopic (exact) mass is 674 g/mol. The van der Waals surface area contributed by atoms with Gasteiger partial charge >= 0.3 is 5.97 Å². The zero-order valence-electron chi connectivity index (χ0n) is 24.3. The van der Waals surface area contributed by atoms with Gasteiger partial charge in [-0.3, -0.25) is 14.5 Å². The molecule has 0 spiro atoms. The van der Waals surface area contributed by atoms with Crippen LogP contribution in [0.25, 0.3) is 0 Å². The lowest BCUT2D eigenvalue weighted by Crippen LogP contribution is -2.71. The number of fused-ring (bicyclic) bond motifs is 1. The molecule has 4 aromatic rings. The predicted octanol–water partition coefficient (Wildman–Crippen LogP) is 4.27. The van der Waals surface area contributed by atoms with Crippen LogP contribution in [0.5, 0.6) is 0 Å². The molecule has 0 aliphatic carbocycles. The van der Waals surface area contributed by atoms with Crippen LogP contribution in [-0.4, -0.2) is 73.0 Å². The Bertz CT molecular complexity index is 1720. The van der Waals surface area contributed by atoms with Crippen LogP contribution in [0.1, 0.15) is 22.5 Å². The smallest absolute Gasteiger partial charge is 0.352 e. The lowest BCUT2D eigenvalue weighted by molar-refractivity contribution is -0.150. The Kier molecular flexibility index (Phi) is 9.06. The first kappa shape index (κ1) is 31.3. The highest BCUT2D eigenvalue weighted by Crippen LogP contribution is 2.42. The van der Waals surface area contributed by atoms with Crippen molar-refractivity contribution in [2.24, 2.45) is 5.16 Å². The minimum Gasteiger partial charge on any atom is -0.477 e. The van der Waals surface area contributed by atoms with Gasteiger partial charge in [0.25, 0.3) is 11.8 Å². The van der Waals surface area contributed by atoms with E-state index in [0.29, 0.717) is 16.5 Å². The topological polar surface area (TPSA) is 146 Å². The summed E-state index contributed by atoms with van der Waals surface area (Å²) in [7, 11) is 1.29. The molecule has 1 fully saturated rings. The molecule has 2 aliphatic heterocycles. The van der Waals surface area contributed by atoms with Crippen LogP contribution in [0.4, 0.5) is 5.13 Å². The molecule has 1 saturated heterocycles. The molecular weight excluding hydrogens is 648 g/mol. The number of benzene rings is 3. The Balaban J connectivity index is 1.30. The van der Waals surface area contributed by atoms with Crippen LogP contribution >= 0.6 is 34.9 Å². The lowest BCUT2D eigenvalue weighted by Gasteiger charge is -2.49. The zero-order valence-corrected chi connectivity index (χ0v) is 26.7. The molecular formula is C32H27ClN6O5S2. The molecule has 0 radical (unpaired) electrons. The molecule has 0 unspecified atom stereocenters. The molecule has 2 aliphatic rings. The van der Waals surface area contributed by atoms with Gasteiger partial charge in [0.15, 0.2) is 0 Å². The van der Waals surface area contributed by atoms with E-state index in [-0.39, 0.29) is 23.1 Å². The molecule has 11 nitrogen and oxygen atoms in total. The van der Waals surface area contributed by atoms with Gasteiger partial charge in [-0.15, -0.1) is 23.4 Å². The number of oxime groups is 1. The van der Waals surface area contributed by atoms with E-state index < -0.39 is 34.7 Å².